The molecule has 0 spiro atoms. The van der Waals surface area contributed by atoms with Gasteiger partial charge in [0.15, 0.2) is 0 Å². The molecule has 0 aliphatic rings. The van der Waals surface area contributed by atoms with Gasteiger partial charge in [0.05, 0.1) is 0 Å². The third-order valence-electron chi connectivity index (χ3n) is 2.14. The van der Waals surface area contributed by atoms with Crippen LogP contribution >= 0.6 is 11.6 Å². The second-order valence-corrected chi connectivity index (χ2v) is 4.01. The lowest BCUT2D eigenvalue weighted by Crippen LogP contribution is -2.18. The molecule has 1 N–H and O–H groups in total. The molecule has 3 heteroatoms. The molecule has 0 aliphatic carbocycles. The fraction of sp³-hybridized carbons (Fsp3) is 0.455. The molecule has 1 atom stereocenters. The average molecular weight is 216 g/mol. The Balaban J connectivity index is 2.67. The van der Waals surface area contributed by atoms with Gasteiger partial charge in [-0.3, -0.25) is 0 Å². The summed E-state index contributed by atoms with van der Waals surface area (Å²) in [6, 6.07) is 4.57. The molecule has 0 aliphatic heterocycles. The lowest BCUT2D eigenvalue weighted by atomic mass is 10.0. The van der Waals surface area contributed by atoms with E-state index in [1.807, 2.05) is 7.05 Å². The minimum atomic E-state index is -0.278. The zero-order chi connectivity index (χ0) is 10.6. The van der Waals surface area contributed by atoms with Gasteiger partial charge in [-0.1, -0.05) is 24.6 Å². The Morgan fingerprint density at radius 2 is 2.21 bits per heavy atom. The predicted octanol–water partition coefficient (Wildman–Crippen LogP) is 2.88. The lowest BCUT2D eigenvalue weighted by Gasteiger charge is -2.11. The average Bonchev–Trinajstić information content (AvgIpc) is 2.10. The van der Waals surface area contributed by atoms with Crippen molar-refractivity contribution in [3.8, 4) is 0 Å². The molecule has 0 saturated carbocycles. The quantitative estimate of drug-likeness (QED) is 0.815. The van der Waals surface area contributed by atoms with E-state index in [1.165, 1.54) is 12.1 Å². The summed E-state index contributed by atoms with van der Waals surface area (Å²) in [5, 5.41) is 3.62. The summed E-state index contributed by atoms with van der Waals surface area (Å²) in [6.07, 6.45) is 0.875. The Morgan fingerprint density at radius 1 is 1.50 bits per heavy atom. The Labute approximate surface area is 89.3 Å². The van der Waals surface area contributed by atoms with Gasteiger partial charge in [-0.25, -0.2) is 4.39 Å². The SMILES string of the molecule is CNCC(C)Cc1ccc(F)cc1Cl. The number of nitrogens with one attached hydrogen (secondary N) is 1. The number of rotatable bonds is 4. The maximum atomic E-state index is 12.7. The predicted molar refractivity (Wildman–Crippen MR) is 58.2 cm³/mol. The van der Waals surface area contributed by atoms with Crippen molar-refractivity contribution in [1.29, 1.82) is 0 Å². The van der Waals surface area contributed by atoms with Crippen molar-refractivity contribution in [3.63, 3.8) is 0 Å². The van der Waals surface area contributed by atoms with Gasteiger partial charge in [-0.2, -0.15) is 0 Å². The molecule has 0 bridgehead atoms. The fourth-order valence-corrected chi connectivity index (χ4v) is 1.73. The van der Waals surface area contributed by atoms with Crippen LogP contribution < -0.4 is 5.32 Å². The van der Waals surface area contributed by atoms with Crippen LogP contribution in [-0.4, -0.2) is 13.6 Å². The highest BCUT2D eigenvalue weighted by atomic mass is 35.5. The largest absolute Gasteiger partial charge is 0.319 e. The van der Waals surface area contributed by atoms with Crippen LogP contribution in [0.4, 0.5) is 4.39 Å². The molecule has 78 valence electrons. The zero-order valence-corrected chi connectivity index (χ0v) is 9.24. The molecular formula is C11H15ClFN. The monoisotopic (exact) mass is 215 g/mol. The van der Waals surface area contributed by atoms with E-state index in [9.17, 15) is 4.39 Å². The Kier molecular flexibility index (Phi) is 4.36. The summed E-state index contributed by atoms with van der Waals surface area (Å²) in [6.45, 7) is 3.07. The highest BCUT2D eigenvalue weighted by molar-refractivity contribution is 6.31. The molecule has 14 heavy (non-hydrogen) atoms. The van der Waals surface area contributed by atoms with Gasteiger partial charge in [-0.15, -0.1) is 0 Å². The summed E-state index contributed by atoms with van der Waals surface area (Å²) in [7, 11) is 1.92. The van der Waals surface area contributed by atoms with Crippen molar-refractivity contribution in [2.75, 3.05) is 13.6 Å². The van der Waals surface area contributed by atoms with Crippen LogP contribution in [-0.2, 0) is 6.42 Å². The van der Waals surface area contributed by atoms with E-state index in [0.29, 0.717) is 10.9 Å². The van der Waals surface area contributed by atoms with Gasteiger partial charge >= 0.3 is 0 Å². The summed E-state index contributed by atoms with van der Waals surface area (Å²) >= 11 is 5.91. The number of benzene rings is 1. The van der Waals surface area contributed by atoms with Crippen molar-refractivity contribution < 1.29 is 4.39 Å². The first-order valence-electron chi connectivity index (χ1n) is 4.72. The smallest absolute Gasteiger partial charge is 0.124 e. The maximum Gasteiger partial charge on any atom is 0.124 e. The second-order valence-electron chi connectivity index (χ2n) is 3.60. The second kappa shape index (κ2) is 5.32. The number of hydrogen-bond acceptors (Lipinski definition) is 1. The van der Waals surface area contributed by atoms with Crippen molar-refractivity contribution >= 4 is 11.6 Å². The van der Waals surface area contributed by atoms with Crippen LogP contribution in [0.5, 0.6) is 0 Å². The highest BCUT2D eigenvalue weighted by Crippen LogP contribution is 2.20. The van der Waals surface area contributed by atoms with E-state index in [2.05, 4.69) is 12.2 Å². The van der Waals surface area contributed by atoms with Gasteiger partial charge in [0.2, 0.25) is 0 Å². The molecule has 0 fully saturated rings. The van der Waals surface area contributed by atoms with Gasteiger partial charge in [0.25, 0.3) is 0 Å². The molecule has 1 unspecified atom stereocenters. The minimum Gasteiger partial charge on any atom is -0.319 e. The molecular weight excluding hydrogens is 201 g/mol. The lowest BCUT2D eigenvalue weighted by molar-refractivity contribution is 0.541. The van der Waals surface area contributed by atoms with Crippen molar-refractivity contribution in [2.45, 2.75) is 13.3 Å². The zero-order valence-electron chi connectivity index (χ0n) is 8.48. The molecule has 0 saturated heterocycles. The van der Waals surface area contributed by atoms with Crippen LogP contribution in [0.25, 0.3) is 0 Å². The van der Waals surface area contributed by atoms with E-state index >= 15 is 0 Å². The van der Waals surface area contributed by atoms with Crippen LogP contribution in [0, 0.1) is 11.7 Å². The Morgan fingerprint density at radius 3 is 2.79 bits per heavy atom. The van der Waals surface area contributed by atoms with E-state index in [0.717, 1.165) is 18.5 Å². The minimum absolute atomic E-state index is 0.278. The van der Waals surface area contributed by atoms with Crippen LogP contribution in [0.2, 0.25) is 5.02 Å². The van der Waals surface area contributed by atoms with Crippen molar-refractivity contribution in [1.82, 2.24) is 5.32 Å². The van der Waals surface area contributed by atoms with Crippen molar-refractivity contribution in [2.24, 2.45) is 5.92 Å². The third-order valence-corrected chi connectivity index (χ3v) is 2.49. The van der Waals surface area contributed by atoms with E-state index in [4.69, 9.17) is 11.6 Å². The normalized spacial score (nSPS) is 12.9. The van der Waals surface area contributed by atoms with Crippen LogP contribution in [0.3, 0.4) is 0 Å². The summed E-state index contributed by atoms with van der Waals surface area (Å²) in [4.78, 5) is 0. The first-order valence-corrected chi connectivity index (χ1v) is 5.09. The first-order chi connectivity index (χ1) is 6.63. The van der Waals surface area contributed by atoms with Crippen LogP contribution in [0.15, 0.2) is 18.2 Å². The first kappa shape index (κ1) is 11.5. The molecule has 1 aromatic rings. The third kappa shape index (κ3) is 3.28. The Bertz CT molecular complexity index is 301. The summed E-state index contributed by atoms with van der Waals surface area (Å²) in [5.41, 5.74) is 1.01. The standard InChI is InChI=1S/C11H15ClFN/c1-8(7-14-2)5-9-3-4-10(13)6-11(9)12/h3-4,6,8,14H,5,7H2,1-2H3. The van der Waals surface area contributed by atoms with Gasteiger partial charge in [0, 0.05) is 5.02 Å². The van der Waals surface area contributed by atoms with E-state index in [1.54, 1.807) is 6.07 Å². The number of halogens is 2. The Hall–Kier alpha value is -0.600. The van der Waals surface area contributed by atoms with E-state index < -0.39 is 0 Å². The molecule has 0 radical (unpaired) electrons. The molecule has 1 rings (SSSR count). The molecule has 1 aromatic carbocycles. The molecule has 1 nitrogen and oxygen atoms in total. The summed E-state index contributed by atoms with van der Waals surface area (Å²) < 4.78 is 12.7. The highest BCUT2D eigenvalue weighted by Gasteiger charge is 2.06. The van der Waals surface area contributed by atoms with Gasteiger partial charge in [0.1, 0.15) is 5.82 Å². The van der Waals surface area contributed by atoms with E-state index in [-0.39, 0.29) is 5.82 Å². The fourth-order valence-electron chi connectivity index (χ4n) is 1.48. The topological polar surface area (TPSA) is 12.0 Å². The summed E-state index contributed by atoms with van der Waals surface area (Å²) in [5.74, 6) is 0.225. The van der Waals surface area contributed by atoms with Crippen molar-refractivity contribution in [3.05, 3.63) is 34.6 Å². The molecule has 0 amide bonds. The van der Waals surface area contributed by atoms with Gasteiger partial charge < -0.3 is 5.32 Å². The van der Waals surface area contributed by atoms with Crippen LogP contribution in [0.1, 0.15) is 12.5 Å². The molecule has 0 heterocycles. The maximum absolute atomic E-state index is 12.7. The molecule has 0 aromatic heterocycles. The number of hydrogen-bond donors (Lipinski definition) is 1. The van der Waals surface area contributed by atoms with Gasteiger partial charge in [-0.05, 0) is 43.6 Å².